The van der Waals surface area contributed by atoms with Crippen molar-refractivity contribution in [3.05, 3.63) is 43.0 Å². The summed E-state index contributed by atoms with van der Waals surface area (Å²) in [6.45, 7) is 5.43. The summed E-state index contributed by atoms with van der Waals surface area (Å²) in [6, 6.07) is 10.1. The Kier molecular flexibility index (Phi) is 9.40. The summed E-state index contributed by atoms with van der Waals surface area (Å²) in [5, 5.41) is 1.22. The number of benzene rings is 1. The zero-order valence-electron chi connectivity index (χ0n) is 8.11. The molecular weight excluding hydrogens is 207 g/mol. The molecule has 84 valence electrons. The molecule has 0 spiro atoms. The molecule has 0 saturated heterocycles. The maximum absolute atomic E-state index is 5.43. The normalized spacial score (nSPS) is 10.1. The summed E-state index contributed by atoms with van der Waals surface area (Å²) in [7, 11) is 0.411. The van der Waals surface area contributed by atoms with Gasteiger partial charge in [0, 0.05) is 8.81 Å². The molecule has 3 heteroatoms. The van der Waals surface area contributed by atoms with Crippen molar-refractivity contribution in [3.8, 4) is 0 Å². The third-order valence-corrected chi connectivity index (χ3v) is 2.45. The van der Waals surface area contributed by atoms with E-state index in [0.717, 1.165) is 0 Å². The van der Waals surface area contributed by atoms with E-state index in [-0.39, 0.29) is 7.43 Å². The Labute approximate surface area is 94.2 Å². The molecule has 0 N–H and O–H groups in total. The summed E-state index contributed by atoms with van der Waals surface area (Å²) in [5.74, 6) is 0. The molecule has 15 heavy (non-hydrogen) atoms. The Morgan fingerprint density at radius 2 is 1.93 bits per heavy atom. The van der Waals surface area contributed by atoms with Gasteiger partial charge in [0.1, 0.15) is 0 Å². The van der Waals surface area contributed by atoms with Crippen molar-refractivity contribution in [1.29, 1.82) is 0 Å². The lowest BCUT2D eigenvalue weighted by Gasteiger charge is -2.03. The van der Waals surface area contributed by atoms with Gasteiger partial charge in [-0.15, -0.1) is 6.58 Å². The molecule has 0 fully saturated rings. The quantitative estimate of drug-likeness (QED) is 0.404. The molecule has 0 amide bonds. The van der Waals surface area contributed by atoms with Gasteiger partial charge in [0.05, 0.1) is 19.8 Å². The fourth-order valence-corrected chi connectivity index (χ4v) is 1.59. The molecule has 0 aliphatic rings. The monoisotopic (exact) mass is 226 g/mol. The Morgan fingerprint density at radius 1 is 1.20 bits per heavy atom. The van der Waals surface area contributed by atoms with Gasteiger partial charge >= 0.3 is 0 Å². The lowest BCUT2D eigenvalue weighted by atomic mass is 10.4. The summed E-state index contributed by atoms with van der Waals surface area (Å²) in [5.41, 5.74) is 0. The summed E-state index contributed by atoms with van der Waals surface area (Å²) in [4.78, 5) is 0. The van der Waals surface area contributed by atoms with Crippen molar-refractivity contribution in [2.45, 2.75) is 7.43 Å². The van der Waals surface area contributed by atoms with Crippen LogP contribution in [-0.2, 0) is 9.26 Å². The first kappa shape index (κ1) is 14.3. The van der Waals surface area contributed by atoms with Gasteiger partial charge in [-0.3, -0.25) is 0 Å². The van der Waals surface area contributed by atoms with Crippen molar-refractivity contribution < 1.29 is 9.26 Å². The molecule has 1 aromatic rings. The molecule has 0 aliphatic carbocycles. The molecule has 0 aromatic heterocycles. The Bertz CT molecular complexity index is 249. The number of hydrogen-bond acceptors (Lipinski definition) is 2. The molecule has 0 aliphatic heterocycles. The minimum atomic E-state index is 0. The molecule has 0 heterocycles. The molecule has 1 atom stereocenters. The minimum Gasteiger partial charge on any atom is -0.375 e. The molecule has 1 rings (SSSR count). The van der Waals surface area contributed by atoms with Crippen LogP contribution in [0, 0.1) is 0 Å². The van der Waals surface area contributed by atoms with Crippen molar-refractivity contribution in [1.82, 2.24) is 0 Å². The predicted octanol–water partition coefficient (Wildman–Crippen LogP) is 2.76. The first-order valence-corrected chi connectivity index (χ1v) is 5.46. The van der Waals surface area contributed by atoms with Crippen LogP contribution in [0.4, 0.5) is 0 Å². The van der Waals surface area contributed by atoms with Crippen LogP contribution < -0.4 is 5.30 Å². The van der Waals surface area contributed by atoms with Gasteiger partial charge in [-0.2, -0.15) is 0 Å². The smallest absolute Gasteiger partial charge is 0.0744 e. The molecule has 0 saturated carbocycles. The van der Waals surface area contributed by atoms with Crippen LogP contribution in [0.5, 0.6) is 0 Å². The van der Waals surface area contributed by atoms with Crippen molar-refractivity contribution in [2.24, 2.45) is 0 Å². The Morgan fingerprint density at radius 3 is 2.60 bits per heavy atom. The van der Waals surface area contributed by atoms with Gasteiger partial charge in [-0.25, -0.2) is 0 Å². The molecule has 1 unspecified atom stereocenters. The second-order valence-electron chi connectivity index (χ2n) is 2.68. The fraction of sp³-hybridized carbons (Fsp3) is 0.333. The maximum Gasteiger partial charge on any atom is 0.0744 e. The summed E-state index contributed by atoms with van der Waals surface area (Å²) < 4.78 is 10.6. The SMILES string of the molecule is C.C=CCOCCOPc1ccccc1. The van der Waals surface area contributed by atoms with E-state index in [0.29, 0.717) is 28.6 Å². The highest BCUT2D eigenvalue weighted by atomic mass is 31.1. The van der Waals surface area contributed by atoms with E-state index in [9.17, 15) is 0 Å². The third kappa shape index (κ3) is 7.26. The average Bonchev–Trinajstić information content (AvgIpc) is 2.25. The molecule has 1 aromatic carbocycles. The second-order valence-corrected chi connectivity index (χ2v) is 3.75. The highest BCUT2D eigenvalue weighted by Crippen LogP contribution is 2.10. The van der Waals surface area contributed by atoms with E-state index >= 15 is 0 Å². The van der Waals surface area contributed by atoms with Crippen LogP contribution in [0.2, 0.25) is 0 Å². The van der Waals surface area contributed by atoms with E-state index in [2.05, 4.69) is 18.7 Å². The van der Waals surface area contributed by atoms with Crippen molar-refractivity contribution in [3.63, 3.8) is 0 Å². The Balaban J connectivity index is 0.00000196. The first-order chi connectivity index (χ1) is 6.93. The number of hydrogen-bond donors (Lipinski definition) is 0. The van der Waals surface area contributed by atoms with Crippen LogP contribution in [0.3, 0.4) is 0 Å². The Hall–Kier alpha value is -0.690. The standard InChI is InChI=1S/C11H15O2P.CH4/c1-2-8-12-9-10-13-14-11-6-4-3-5-7-11;/h2-7,14H,1,8-10H2;1H4. The van der Waals surface area contributed by atoms with Gasteiger partial charge in [-0.1, -0.05) is 43.8 Å². The summed E-state index contributed by atoms with van der Waals surface area (Å²) >= 11 is 0. The third-order valence-electron chi connectivity index (χ3n) is 1.53. The van der Waals surface area contributed by atoms with Crippen LogP contribution in [0.15, 0.2) is 43.0 Å². The van der Waals surface area contributed by atoms with Gasteiger partial charge in [0.25, 0.3) is 0 Å². The van der Waals surface area contributed by atoms with Gasteiger partial charge < -0.3 is 9.26 Å². The van der Waals surface area contributed by atoms with Crippen LogP contribution >= 0.6 is 8.81 Å². The first-order valence-electron chi connectivity index (χ1n) is 4.55. The zero-order valence-corrected chi connectivity index (χ0v) is 9.11. The van der Waals surface area contributed by atoms with Gasteiger partial charge in [0.2, 0.25) is 0 Å². The van der Waals surface area contributed by atoms with E-state index in [4.69, 9.17) is 9.26 Å². The highest BCUT2D eigenvalue weighted by molar-refractivity contribution is 7.41. The number of rotatable bonds is 7. The predicted molar refractivity (Wildman–Crippen MR) is 68.1 cm³/mol. The van der Waals surface area contributed by atoms with E-state index in [1.807, 2.05) is 18.2 Å². The lowest BCUT2D eigenvalue weighted by molar-refractivity contribution is 0.128. The number of ether oxygens (including phenoxy) is 1. The van der Waals surface area contributed by atoms with Crippen LogP contribution in [0.25, 0.3) is 0 Å². The van der Waals surface area contributed by atoms with Gasteiger partial charge in [0.15, 0.2) is 0 Å². The molecule has 2 nitrogen and oxygen atoms in total. The van der Waals surface area contributed by atoms with Crippen molar-refractivity contribution in [2.75, 3.05) is 19.8 Å². The molecular formula is C12H19O2P. The minimum absolute atomic E-state index is 0. The van der Waals surface area contributed by atoms with Crippen molar-refractivity contribution >= 4 is 14.1 Å². The van der Waals surface area contributed by atoms with Gasteiger partial charge in [-0.05, 0) is 5.30 Å². The van der Waals surface area contributed by atoms with Crippen LogP contribution in [0.1, 0.15) is 7.43 Å². The van der Waals surface area contributed by atoms with E-state index < -0.39 is 0 Å². The van der Waals surface area contributed by atoms with E-state index in [1.54, 1.807) is 6.08 Å². The topological polar surface area (TPSA) is 18.5 Å². The second kappa shape index (κ2) is 9.85. The zero-order chi connectivity index (χ0) is 10.1. The fourth-order valence-electron chi connectivity index (χ4n) is 0.908. The largest absolute Gasteiger partial charge is 0.375 e. The maximum atomic E-state index is 5.43. The highest BCUT2D eigenvalue weighted by Gasteiger charge is 1.91. The average molecular weight is 226 g/mol. The van der Waals surface area contributed by atoms with E-state index in [1.165, 1.54) is 5.30 Å². The lowest BCUT2D eigenvalue weighted by Crippen LogP contribution is -2.02. The molecule has 0 radical (unpaired) electrons. The molecule has 0 bridgehead atoms. The van der Waals surface area contributed by atoms with Crippen LogP contribution in [-0.4, -0.2) is 19.8 Å². The summed E-state index contributed by atoms with van der Waals surface area (Å²) in [6.07, 6.45) is 1.74.